The Morgan fingerprint density at radius 3 is 2.59 bits per heavy atom. The van der Waals surface area contributed by atoms with E-state index in [0.29, 0.717) is 6.54 Å². The second-order valence-corrected chi connectivity index (χ2v) is 4.55. The number of nitrogens with two attached hydrogens (primary N) is 1. The summed E-state index contributed by atoms with van der Waals surface area (Å²) in [5.74, 6) is -0.0367. The van der Waals surface area contributed by atoms with Gasteiger partial charge in [-0.25, -0.2) is 0 Å². The van der Waals surface area contributed by atoms with Crippen molar-refractivity contribution in [2.75, 3.05) is 20.8 Å². The smallest absolute Gasteiger partial charge is 0.224 e. The number of carbonyl (C=O) groups excluding carboxylic acids is 1. The van der Waals surface area contributed by atoms with Crippen LogP contribution >= 0.6 is 0 Å². The highest BCUT2D eigenvalue weighted by Crippen LogP contribution is 2.22. The maximum absolute atomic E-state index is 12.0. The van der Waals surface area contributed by atoms with Gasteiger partial charge in [0.15, 0.2) is 6.29 Å². The van der Waals surface area contributed by atoms with Crippen LogP contribution in [0.4, 0.5) is 0 Å². The summed E-state index contributed by atoms with van der Waals surface area (Å²) in [4.78, 5) is 12.0. The molecule has 0 spiro atoms. The fourth-order valence-corrected chi connectivity index (χ4v) is 2.24. The van der Waals surface area contributed by atoms with E-state index in [2.05, 4.69) is 5.32 Å². The van der Waals surface area contributed by atoms with Crippen LogP contribution < -0.4 is 11.1 Å². The predicted octanol–water partition coefficient (Wildman–Crippen LogP) is 0.629. The van der Waals surface area contributed by atoms with Crippen LogP contribution in [0.15, 0.2) is 0 Å². The molecule has 2 atom stereocenters. The summed E-state index contributed by atoms with van der Waals surface area (Å²) < 4.78 is 10.0. The zero-order valence-electron chi connectivity index (χ0n) is 10.8. The molecule has 1 fully saturated rings. The molecule has 5 heteroatoms. The molecule has 1 aliphatic rings. The van der Waals surface area contributed by atoms with E-state index in [1.54, 1.807) is 14.2 Å². The van der Waals surface area contributed by atoms with E-state index < -0.39 is 0 Å². The van der Waals surface area contributed by atoms with Crippen molar-refractivity contribution in [1.29, 1.82) is 0 Å². The molecule has 0 aromatic carbocycles. The second kappa shape index (κ2) is 7.63. The van der Waals surface area contributed by atoms with Crippen LogP contribution in [0.3, 0.4) is 0 Å². The molecular formula is C12H24N2O3. The first-order valence-corrected chi connectivity index (χ1v) is 6.28. The van der Waals surface area contributed by atoms with Gasteiger partial charge in [-0.2, -0.15) is 0 Å². The molecule has 100 valence electrons. The molecule has 0 bridgehead atoms. The third-order valence-corrected chi connectivity index (χ3v) is 3.37. The lowest BCUT2D eigenvalue weighted by Crippen LogP contribution is -2.44. The summed E-state index contributed by atoms with van der Waals surface area (Å²) in [6.07, 6.45) is 4.83. The Morgan fingerprint density at radius 1 is 1.29 bits per heavy atom. The molecule has 0 heterocycles. The van der Waals surface area contributed by atoms with E-state index in [1.807, 2.05) is 0 Å². The number of amides is 1. The molecule has 0 aromatic rings. The van der Waals surface area contributed by atoms with E-state index in [9.17, 15) is 4.79 Å². The van der Waals surface area contributed by atoms with Gasteiger partial charge in [-0.1, -0.05) is 19.3 Å². The molecule has 0 radical (unpaired) electrons. The van der Waals surface area contributed by atoms with Crippen LogP contribution in [-0.4, -0.2) is 39.0 Å². The van der Waals surface area contributed by atoms with Crippen LogP contribution in [0.2, 0.25) is 0 Å². The zero-order valence-corrected chi connectivity index (χ0v) is 10.8. The predicted molar refractivity (Wildman–Crippen MR) is 65.4 cm³/mol. The fraction of sp³-hybridized carbons (Fsp3) is 0.917. The van der Waals surface area contributed by atoms with Gasteiger partial charge in [0.25, 0.3) is 0 Å². The quantitative estimate of drug-likeness (QED) is 0.549. The number of nitrogens with one attached hydrogen (secondary N) is 1. The standard InChI is InChI=1S/C12H24N2O3/c1-16-11(17-2)8-14-12(15)9-6-4-3-5-7-10(9)13/h9-11H,3-8,13H2,1-2H3,(H,14,15). The van der Waals surface area contributed by atoms with Crippen LogP contribution in [-0.2, 0) is 14.3 Å². The van der Waals surface area contributed by atoms with Crippen molar-refractivity contribution < 1.29 is 14.3 Å². The van der Waals surface area contributed by atoms with Crippen LogP contribution in [0.25, 0.3) is 0 Å². The minimum Gasteiger partial charge on any atom is -0.354 e. The molecule has 1 aliphatic carbocycles. The summed E-state index contributed by atoms with van der Waals surface area (Å²) in [7, 11) is 3.11. The Bertz CT molecular complexity index is 232. The maximum atomic E-state index is 12.0. The summed E-state index contributed by atoms with van der Waals surface area (Å²) >= 11 is 0. The van der Waals surface area contributed by atoms with Crippen molar-refractivity contribution in [1.82, 2.24) is 5.32 Å². The summed E-state index contributed by atoms with van der Waals surface area (Å²) in [5, 5.41) is 2.84. The van der Waals surface area contributed by atoms with E-state index in [0.717, 1.165) is 25.7 Å². The van der Waals surface area contributed by atoms with Crippen molar-refractivity contribution in [2.45, 2.75) is 44.4 Å². The summed E-state index contributed by atoms with van der Waals surface area (Å²) in [5.41, 5.74) is 6.03. The van der Waals surface area contributed by atoms with E-state index in [4.69, 9.17) is 15.2 Å². The highest BCUT2D eigenvalue weighted by Gasteiger charge is 2.27. The molecular weight excluding hydrogens is 220 g/mol. The van der Waals surface area contributed by atoms with Crippen molar-refractivity contribution in [3.05, 3.63) is 0 Å². The van der Waals surface area contributed by atoms with Gasteiger partial charge in [0.1, 0.15) is 0 Å². The molecule has 17 heavy (non-hydrogen) atoms. The lowest BCUT2D eigenvalue weighted by Gasteiger charge is -2.22. The Morgan fingerprint density at radius 2 is 1.94 bits per heavy atom. The van der Waals surface area contributed by atoms with Gasteiger partial charge in [0.05, 0.1) is 12.5 Å². The molecule has 1 amide bonds. The van der Waals surface area contributed by atoms with Crippen LogP contribution in [0.5, 0.6) is 0 Å². The van der Waals surface area contributed by atoms with Gasteiger partial charge in [-0.15, -0.1) is 0 Å². The number of methoxy groups -OCH3 is 2. The third-order valence-electron chi connectivity index (χ3n) is 3.37. The Balaban J connectivity index is 2.39. The van der Waals surface area contributed by atoms with Gasteiger partial charge in [0.2, 0.25) is 5.91 Å². The Kier molecular flexibility index (Phi) is 6.47. The first kappa shape index (κ1) is 14.4. The molecule has 1 rings (SSSR count). The third kappa shape index (κ3) is 4.61. The van der Waals surface area contributed by atoms with Gasteiger partial charge in [-0.05, 0) is 12.8 Å². The van der Waals surface area contributed by atoms with E-state index in [1.165, 1.54) is 6.42 Å². The van der Waals surface area contributed by atoms with Gasteiger partial charge in [-0.3, -0.25) is 4.79 Å². The first-order valence-electron chi connectivity index (χ1n) is 6.28. The van der Waals surface area contributed by atoms with Crippen molar-refractivity contribution in [3.63, 3.8) is 0 Å². The first-order chi connectivity index (χ1) is 8.19. The highest BCUT2D eigenvalue weighted by atomic mass is 16.7. The fourth-order valence-electron chi connectivity index (χ4n) is 2.24. The topological polar surface area (TPSA) is 73.6 Å². The molecule has 5 nitrogen and oxygen atoms in total. The summed E-state index contributed by atoms with van der Waals surface area (Å²) in [6, 6.07) is -0.0129. The number of hydrogen-bond acceptors (Lipinski definition) is 4. The van der Waals surface area contributed by atoms with Crippen LogP contribution in [0.1, 0.15) is 32.1 Å². The minimum absolute atomic E-state index is 0.0129. The van der Waals surface area contributed by atoms with Crippen molar-refractivity contribution in [3.8, 4) is 0 Å². The molecule has 0 saturated heterocycles. The Labute approximate surface area is 103 Å². The van der Waals surface area contributed by atoms with E-state index >= 15 is 0 Å². The van der Waals surface area contributed by atoms with Crippen molar-refractivity contribution >= 4 is 5.91 Å². The number of carbonyl (C=O) groups is 1. The molecule has 0 aromatic heterocycles. The molecule has 2 unspecified atom stereocenters. The Hall–Kier alpha value is -0.650. The summed E-state index contributed by atoms with van der Waals surface area (Å²) in [6.45, 7) is 0.370. The normalized spacial score (nSPS) is 25.6. The average Bonchev–Trinajstić information content (AvgIpc) is 2.55. The minimum atomic E-state index is -0.388. The zero-order chi connectivity index (χ0) is 12.7. The lowest BCUT2D eigenvalue weighted by molar-refractivity contribution is -0.131. The monoisotopic (exact) mass is 244 g/mol. The molecule has 3 N–H and O–H groups in total. The second-order valence-electron chi connectivity index (χ2n) is 4.55. The average molecular weight is 244 g/mol. The van der Waals surface area contributed by atoms with Gasteiger partial charge >= 0.3 is 0 Å². The largest absolute Gasteiger partial charge is 0.354 e. The SMILES string of the molecule is COC(CNC(=O)C1CCCCCC1N)OC. The van der Waals surface area contributed by atoms with Crippen molar-refractivity contribution in [2.24, 2.45) is 11.7 Å². The molecule has 1 saturated carbocycles. The molecule has 0 aliphatic heterocycles. The number of rotatable bonds is 5. The van der Waals surface area contributed by atoms with Gasteiger partial charge in [0, 0.05) is 20.3 Å². The van der Waals surface area contributed by atoms with Gasteiger partial charge < -0.3 is 20.5 Å². The lowest BCUT2D eigenvalue weighted by atomic mass is 9.94. The maximum Gasteiger partial charge on any atom is 0.224 e. The van der Waals surface area contributed by atoms with Crippen LogP contribution in [0, 0.1) is 5.92 Å². The number of hydrogen-bond donors (Lipinski definition) is 2. The van der Waals surface area contributed by atoms with E-state index in [-0.39, 0.29) is 24.2 Å². The highest BCUT2D eigenvalue weighted by molar-refractivity contribution is 5.79. The number of ether oxygens (including phenoxy) is 2.